The summed E-state index contributed by atoms with van der Waals surface area (Å²) in [6, 6.07) is 0. The lowest BCUT2D eigenvalue weighted by atomic mass is 9.41. The lowest BCUT2D eigenvalue weighted by Crippen LogP contribution is -2.63. The summed E-state index contributed by atoms with van der Waals surface area (Å²) in [6.45, 7) is 11.2. The zero-order valence-corrected chi connectivity index (χ0v) is 23.3. The van der Waals surface area contributed by atoms with Gasteiger partial charge in [0.1, 0.15) is 6.29 Å². The molecule has 0 bridgehead atoms. The molecule has 0 aromatic rings. The van der Waals surface area contributed by atoms with Gasteiger partial charge in [0.15, 0.2) is 0 Å². The first-order valence-corrected chi connectivity index (χ1v) is 14.5. The lowest BCUT2D eigenvalue weighted by Gasteiger charge is -2.63. The molecule has 0 aliphatic heterocycles. The number of rotatable bonds is 6. The second-order valence-electron chi connectivity index (χ2n) is 14.3. The van der Waals surface area contributed by atoms with Crippen molar-refractivity contribution in [3.05, 3.63) is 12.2 Å². The molecule has 0 unspecified atom stereocenters. The molecule has 5 aliphatic carbocycles. The molecular formula is C31H48O5. The molecule has 0 aromatic carbocycles. The van der Waals surface area contributed by atoms with Crippen molar-refractivity contribution in [2.45, 2.75) is 105 Å². The number of carbonyl (C=O) groups excluding carboxylic acids is 2. The molecule has 5 fully saturated rings. The maximum Gasteiger partial charge on any atom is 0.314 e. The Morgan fingerprint density at radius 2 is 1.69 bits per heavy atom. The Balaban J connectivity index is 1.47. The predicted octanol–water partition coefficient (Wildman–Crippen LogP) is 5.33. The smallest absolute Gasteiger partial charge is 0.314 e. The van der Waals surface area contributed by atoms with E-state index < -0.39 is 17.6 Å². The van der Waals surface area contributed by atoms with Crippen molar-refractivity contribution in [3.8, 4) is 0 Å². The standard InChI is InChI=1S/C31H48O5/c1-19(2)8-7-9-20(17-32)21-12-13-28(4)22-10-11-23-29(5,26(35)36-6)24(33)16-25(34)31(23)18-30(22,31)15-14-27(21,28)3/h7-8,17,19-25,33-34H,9-16,18H2,1-6H3/b8-7+/t20-,21+,22-,23-,24-,25-,27+,28-,29-,30-,31+/m0/s1. The number of hydrogen-bond acceptors (Lipinski definition) is 5. The molecular weight excluding hydrogens is 452 g/mol. The van der Waals surface area contributed by atoms with Gasteiger partial charge in [0.2, 0.25) is 0 Å². The summed E-state index contributed by atoms with van der Waals surface area (Å²) in [6.07, 6.45) is 12.5. The number of esters is 1. The maximum atomic E-state index is 13.1. The van der Waals surface area contributed by atoms with Crippen LogP contribution >= 0.6 is 0 Å². The van der Waals surface area contributed by atoms with Crippen LogP contribution in [0.1, 0.15) is 92.4 Å². The van der Waals surface area contributed by atoms with Gasteiger partial charge in [0, 0.05) is 17.8 Å². The van der Waals surface area contributed by atoms with E-state index in [-0.39, 0.29) is 45.9 Å². The van der Waals surface area contributed by atoms with Crippen molar-refractivity contribution in [2.75, 3.05) is 7.11 Å². The Hall–Kier alpha value is -1.20. The van der Waals surface area contributed by atoms with Crippen LogP contribution in [0.5, 0.6) is 0 Å². The molecule has 5 nitrogen and oxygen atoms in total. The molecule has 202 valence electrons. The van der Waals surface area contributed by atoms with Crippen molar-refractivity contribution in [2.24, 2.45) is 56.7 Å². The Labute approximate surface area is 217 Å². The van der Waals surface area contributed by atoms with Crippen LogP contribution in [-0.2, 0) is 14.3 Å². The van der Waals surface area contributed by atoms with Gasteiger partial charge in [-0.05, 0) is 98.2 Å². The number of aliphatic hydroxyl groups excluding tert-OH is 2. The van der Waals surface area contributed by atoms with Crippen molar-refractivity contribution in [1.29, 1.82) is 0 Å². The summed E-state index contributed by atoms with van der Waals surface area (Å²) in [5.74, 6) is 1.04. The fraction of sp³-hybridized carbons (Fsp3) is 0.871. The minimum absolute atomic E-state index is 0.0299. The molecule has 5 heteroatoms. The topological polar surface area (TPSA) is 83.8 Å². The predicted molar refractivity (Wildman–Crippen MR) is 139 cm³/mol. The molecule has 5 saturated carbocycles. The van der Waals surface area contributed by atoms with Crippen LogP contribution in [-0.4, -0.2) is 41.8 Å². The molecule has 5 rings (SSSR count). The average Bonchev–Trinajstić information content (AvgIpc) is 3.46. The fourth-order valence-electron chi connectivity index (χ4n) is 11.1. The van der Waals surface area contributed by atoms with E-state index in [1.165, 1.54) is 13.4 Å². The van der Waals surface area contributed by atoms with Gasteiger partial charge in [0.05, 0.1) is 24.7 Å². The van der Waals surface area contributed by atoms with Crippen molar-refractivity contribution in [3.63, 3.8) is 0 Å². The van der Waals surface area contributed by atoms with E-state index in [1.807, 2.05) is 6.92 Å². The number of aliphatic hydroxyl groups is 2. The highest BCUT2D eigenvalue weighted by atomic mass is 16.5. The highest BCUT2D eigenvalue weighted by Gasteiger charge is 2.85. The normalized spacial score (nSPS) is 52.2. The quantitative estimate of drug-likeness (QED) is 0.293. The summed E-state index contributed by atoms with van der Waals surface area (Å²) < 4.78 is 5.23. The zero-order valence-electron chi connectivity index (χ0n) is 23.3. The van der Waals surface area contributed by atoms with Gasteiger partial charge in [-0.2, -0.15) is 0 Å². The molecule has 11 atom stereocenters. The van der Waals surface area contributed by atoms with E-state index in [9.17, 15) is 19.8 Å². The third-order valence-electron chi connectivity index (χ3n) is 13.1. The third-order valence-corrected chi connectivity index (χ3v) is 13.1. The highest BCUT2D eigenvalue weighted by Crippen LogP contribution is 2.89. The Morgan fingerprint density at radius 1 is 1.00 bits per heavy atom. The maximum absolute atomic E-state index is 13.1. The Bertz CT molecular complexity index is 943. The molecule has 2 spiro atoms. The van der Waals surface area contributed by atoms with Crippen LogP contribution in [0.2, 0.25) is 0 Å². The summed E-state index contributed by atoms with van der Waals surface area (Å²) >= 11 is 0. The first-order chi connectivity index (χ1) is 16.9. The average molecular weight is 501 g/mol. The molecule has 0 amide bonds. The van der Waals surface area contributed by atoms with E-state index >= 15 is 0 Å². The molecule has 0 saturated heterocycles. The Morgan fingerprint density at radius 3 is 2.33 bits per heavy atom. The molecule has 36 heavy (non-hydrogen) atoms. The number of ether oxygens (including phenoxy) is 1. The van der Waals surface area contributed by atoms with E-state index in [0.29, 0.717) is 17.8 Å². The van der Waals surface area contributed by atoms with Crippen LogP contribution in [0.3, 0.4) is 0 Å². The van der Waals surface area contributed by atoms with Crippen LogP contribution in [0.15, 0.2) is 12.2 Å². The number of methoxy groups -OCH3 is 1. The van der Waals surface area contributed by atoms with E-state index in [2.05, 4.69) is 39.8 Å². The van der Waals surface area contributed by atoms with Crippen LogP contribution in [0.25, 0.3) is 0 Å². The van der Waals surface area contributed by atoms with Gasteiger partial charge in [-0.15, -0.1) is 0 Å². The second kappa shape index (κ2) is 8.40. The number of allylic oxidation sites excluding steroid dienone is 2. The zero-order chi connectivity index (χ0) is 26.3. The van der Waals surface area contributed by atoms with E-state index in [4.69, 9.17) is 4.74 Å². The highest BCUT2D eigenvalue weighted by molar-refractivity contribution is 5.78. The van der Waals surface area contributed by atoms with Crippen LogP contribution in [0, 0.1) is 56.7 Å². The van der Waals surface area contributed by atoms with Crippen LogP contribution in [0.4, 0.5) is 0 Å². The van der Waals surface area contributed by atoms with E-state index in [0.717, 1.165) is 51.4 Å². The largest absolute Gasteiger partial charge is 0.469 e. The molecule has 0 heterocycles. The fourth-order valence-corrected chi connectivity index (χ4v) is 11.1. The number of aldehydes is 1. The van der Waals surface area contributed by atoms with E-state index in [1.54, 1.807) is 0 Å². The SMILES string of the molecule is COC(=O)[C@]1(C)[C@@H](O)C[C@H](O)[C@]23C[C@]24CC[C@]2(C)[C@@H]([C@H](C=O)C/C=C/C(C)C)CC[C@@]2(C)[C@@H]4CC[C@@H]13. The minimum Gasteiger partial charge on any atom is -0.469 e. The van der Waals surface area contributed by atoms with Gasteiger partial charge in [-0.1, -0.05) is 39.8 Å². The minimum atomic E-state index is -0.965. The number of carbonyl (C=O) groups is 2. The van der Waals surface area contributed by atoms with Gasteiger partial charge in [-0.25, -0.2) is 0 Å². The van der Waals surface area contributed by atoms with Crippen molar-refractivity contribution < 1.29 is 24.5 Å². The van der Waals surface area contributed by atoms with Crippen LogP contribution < -0.4 is 0 Å². The monoisotopic (exact) mass is 500 g/mol. The summed E-state index contributed by atoms with van der Waals surface area (Å²) in [5.41, 5.74) is -1.02. The van der Waals surface area contributed by atoms with Crippen molar-refractivity contribution >= 4 is 12.3 Å². The first kappa shape index (κ1) is 26.4. The lowest BCUT2D eigenvalue weighted by molar-refractivity contribution is -0.212. The Kier molecular flexibility index (Phi) is 6.16. The number of fused-ring (bicyclic) bond motifs is 2. The van der Waals surface area contributed by atoms with Gasteiger partial charge >= 0.3 is 5.97 Å². The summed E-state index contributed by atoms with van der Waals surface area (Å²) in [7, 11) is 1.41. The first-order valence-electron chi connectivity index (χ1n) is 14.5. The third kappa shape index (κ3) is 3.02. The second-order valence-corrected chi connectivity index (χ2v) is 14.3. The molecule has 5 aliphatic rings. The summed E-state index contributed by atoms with van der Waals surface area (Å²) in [4.78, 5) is 25.4. The summed E-state index contributed by atoms with van der Waals surface area (Å²) in [5, 5.41) is 22.6. The van der Waals surface area contributed by atoms with Gasteiger partial charge in [0.25, 0.3) is 0 Å². The molecule has 0 aromatic heterocycles. The van der Waals surface area contributed by atoms with Gasteiger partial charge in [-0.3, -0.25) is 4.79 Å². The molecule has 2 N–H and O–H groups in total. The van der Waals surface area contributed by atoms with Gasteiger partial charge < -0.3 is 19.7 Å². The van der Waals surface area contributed by atoms with Crippen molar-refractivity contribution in [1.82, 2.24) is 0 Å². The molecule has 0 radical (unpaired) electrons. The number of hydrogen-bond donors (Lipinski definition) is 2.